The summed E-state index contributed by atoms with van der Waals surface area (Å²) in [6.45, 7) is 1.32. The van der Waals surface area contributed by atoms with Crippen molar-refractivity contribution in [1.29, 1.82) is 0 Å². The van der Waals surface area contributed by atoms with Gasteiger partial charge in [0.25, 0.3) is 0 Å². The van der Waals surface area contributed by atoms with Crippen molar-refractivity contribution >= 4 is 28.6 Å². The van der Waals surface area contributed by atoms with E-state index in [-0.39, 0.29) is 9.26 Å². The maximum Gasteiger partial charge on any atom is 0.573 e. The lowest BCUT2D eigenvalue weighted by molar-refractivity contribution is -0.275. The average molecular weight is 347 g/mol. The van der Waals surface area contributed by atoms with Gasteiger partial charge in [-0.15, -0.1) is 13.2 Å². The molecular formula is C8H5F3INO3. The Morgan fingerprint density at radius 3 is 2.56 bits per heavy atom. The van der Waals surface area contributed by atoms with Crippen LogP contribution in [0.2, 0.25) is 0 Å². The SMILES string of the molecule is Cc1cc(I)nc(C(=O)O)c1OC(F)(F)F. The first-order chi connectivity index (χ1) is 7.20. The van der Waals surface area contributed by atoms with Crippen molar-refractivity contribution in [1.82, 2.24) is 4.98 Å². The molecule has 0 bridgehead atoms. The van der Waals surface area contributed by atoms with E-state index in [9.17, 15) is 18.0 Å². The predicted octanol–water partition coefficient (Wildman–Crippen LogP) is 2.59. The van der Waals surface area contributed by atoms with Gasteiger partial charge < -0.3 is 9.84 Å². The number of carboxylic acid groups (broad SMARTS) is 1. The van der Waals surface area contributed by atoms with Crippen LogP contribution in [0.15, 0.2) is 6.07 Å². The highest BCUT2D eigenvalue weighted by Crippen LogP contribution is 2.29. The summed E-state index contributed by atoms with van der Waals surface area (Å²) in [5, 5.41) is 8.70. The second-order valence-electron chi connectivity index (χ2n) is 2.79. The van der Waals surface area contributed by atoms with E-state index in [1.165, 1.54) is 13.0 Å². The number of pyridine rings is 1. The Labute approximate surface area is 102 Å². The van der Waals surface area contributed by atoms with Crippen molar-refractivity contribution < 1.29 is 27.8 Å². The summed E-state index contributed by atoms with van der Waals surface area (Å²) >= 11 is 1.71. The molecule has 0 saturated carbocycles. The van der Waals surface area contributed by atoms with E-state index in [1.807, 2.05) is 0 Å². The minimum atomic E-state index is -4.94. The maximum atomic E-state index is 12.0. The van der Waals surface area contributed by atoms with Gasteiger partial charge in [0, 0.05) is 0 Å². The summed E-state index contributed by atoms with van der Waals surface area (Å²) < 4.78 is 40.0. The third-order valence-corrected chi connectivity index (χ3v) is 2.10. The fourth-order valence-electron chi connectivity index (χ4n) is 1.01. The number of aromatic nitrogens is 1. The molecule has 1 aromatic heterocycles. The monoisotopic (exact) mass is 347 g/mol. The lowest BCUT2D eigenvalue weighted by Gasteiger charge is -2.13. The molecule has 0 aliphatic heterocycles. The Morgan fingerprint density at radius 1 is 1.56 bits per heavy atom. The van der Waals surface area contributed by atoms with Crippen molar-refractivity contribution in [2.24, 2.45) is 0 Å². The average Bonchev–Trinajstić information content (AvgIpc) is 2.07. The van der Waals surface area contributed by atoms with Crippen LogP contribution in [0.4, 0.5) is 13.2 Å². The highest BCUT2D eigenvalue weighted by molar-refractivity contribution is 14.1. The van der Waals surface area contributed by atoms with Crippen molar-refractivity contribution in [2.75, 3.05) is 0 Å². The largest absolute Gasteiger partial charge is 0.573 e. The third kappa shape index (κ3) is 3.22. The summed E-state index contributed by atoms with van der Waals surface area (Å²) in [5.74, 6) is -2.35. The zero-order chi connectivity index (χ0) is 12.5. The summed E-state index contributed by atoms with van der Waals surface area (Å²) in [4.78, 5) is 14.2. The normalized spacial score (nSPS) is 11.3. The summed E-state index contributed by atoms with van der Waals surface area (Å²) in [7, 11) is 0. The van der Waals surface area contributed by atoms with Gasteiger partial charge in [-0.25, -0.2) is 9.78 Å². The van der Waals surface area contributed by atoms with Gasteiger partial charge in [0.05, 0.1) is 0 Å². The topological polar surface area (TPSA) is 59.4 Å². The van der Waals surface area contributed by atoms with Gasteiger partial charge >= 0.3 is 12.3 Å². The zero-order valence-corrected chi connectivity index (χ0v) is 9.96. The minimum Gasteiger partial charge on any atom is -0.476 e. The Bertz CT molecular complexity index is 433. The molecule has 0 aliphatic carbocycles. The first kappa shape index (κ1) is 13.0. The van der Waals surface area contributed by atoms with Gasteiger partial charge in [-0.3, -0.25) is 0 Å². The first-order valence-corrected chi connectivity index (χ1v) is 4.95. The van der Waals surface area contributed by atoms with Gasteiger partial charge in [0.15, 0.2) is 11.4 Å². The van der Waals surface area contributed by atoms with Crippen molar-refractivity contribution in [3.05, 3.63) is 21.0 Å². The molecule has 1 rings (SSSR count). The van der Waals surface area contributed by atoms with Crippen molar-refractivity contribution in [3.63, 3.8) is 0 Å². The maximum absolute atomic E-state index is 12.0. The summed E-state index contributed by atoms with van der Waals surface area (Å²) in [6.07, 6.45) is -4.94. The number of carboxylic acids is 1. The molecule has 0 unspecified atom stereocenters. The van der Waals surface area contributed by atoms with Crippen LogP contribution in [-0.2, 0) is 0 Å². The number of carbonyl (C=O) groups is 1. The van der Waals surface area contributed by atoms with Crippen LogP contribution < -0.4 is 4.74 Å². The van der Waals surface area contributed by atoms with Gasteiger partial charge in [-0.1, -0.05) is 0 Å². The van der Waals surface area contributed by atoms with Gasteiger partial charge in [0.1, 0.15) is 3.70 Å². The van der Waals surface area contributed by atoms with Crippen LogP contribution in [0.1, 0.15) is 16.1 Å². The fraction of sp³-hybridized carbons (Fsp3) is 0.250. The second-order valence-corrected chi connectivity index (χ2v) is 3.90. The van der Waals surface area contributed by atoms with E-state index in [4.69, 9.17) is 5.11 Å². The molecule has 0 aromatic carbocycles. The number of rotatable bonds is 2. The smallest absolute Gasteiger partial charge is 0.476 e. The van der Waals surface area contributed by atoms with Crippen LogP contribution in [0.5, 0.6) is 5.75 Å². The Kier molecular flexibility index (Phi) is 3.61. The van der Waals surface area contributed by atoms with Crippen LogP contribution in [-0.4, -0.2) is 22.4 Å². The third-order valence-electron chi connectivity index (χ3n) is 1.55. The number of hydrogen-bond donors (Lipinski definition) is 1. The molecule has 1 N–H and O–H groups in total. The number of hydrogen-bond acceptors (Lipinski definition) is 3. The standard InChI is InChI=1S/C8H5F3INO3/c1-3-2-4(12)13-5(7(14)15)6(3)16-8(9,10)11/h2H,1H3,(H,14,15). The molecule has 0 aliphatic rings. The highest BCUT2D eigenvalue weighted by atomic mass is 127. The van der Waals surface area contributed by atoms with Gasteiger partial charge in [-0.2, -0.15) is 0 Å². The predicted molar refractivity (Wildman–Crippen MR) is 55.3 cm³/mol. The van der Waals surface area contributed by atoms with E-state index in [0.29, 0.717) is 0 Å². The first-order valence-electron chi connectivity index (χ1n) is 3.87. The molecule has 0 saturated heterocycles. The molecular weight excluding hydrogens is 342 g/mol. The van der Waals surface area contributed by atoms with E-state index in [2.05, 4.69) is 9.72 Å². The van der Waals surface area contributed by atoms with Crippen LogP contribution >= 0.6 is 22.6 Å². The van der Waals surface area contributed by atoms with Crippen LogP contribution in [0, 0.1) is 10.6 Å². The molecule has 0 atom stereocenters. The molecule has 1 aromatic rings. The number of halogens is 4. The van der Waals surface area contributed by atoms with E-state index in [1.54, 1.807) is 22.6 Å². The van der Waals surface area contributed by atoms with Gasteiger partial charge in [0.2, 0.25) is 0 Å². The Morgan fingerprint density at radius 2 is 2.12 bits per heavy atom. The summed E-state index contributed by atoms with van der Waals surface area (Å²) in [5.41, 5.74) is -0.684. The molecule has 0 spiro atoms. The molecule has 4 nitrogen and oxygen atoms in total. The van der Waals surface area contributed by atoms with Crippen LogP contribution in [0.25, 0.3) is 0 Å². The number of aryl methyl sites for hydroxylation is 1. The van der Waals surface area contributed by atoms with Crippen LogP contribution in [0.3, 0.4) is 0 Å². The number of alkyl halides is 3. The minimum absolute atomic E-state index is 0.0640. The molecule has 16 heavy (non-hydrogen) atoms. The Hall–Kier alpha value is -1.06. The van der Waals surface area contributed by atoms with E-state index >= 15 is 0 Å². The number of nitrogens with zero attached hydrogens (tertiary/aromatic N) is 1. The van der Waals surface area contributed by atoms with Crippen molar-refractivity contribution in [2.45, 2.75) is 13.3 Å². The second kappa shape index (κ2) is 4.44. The highest BCUT2D eigenvalue weighted by Gasteiger charge is 2.34. The summed E-state index contributed by atoms with van der Waals surface area (Å²) in [6, 6.07) is 1.30. The number of ether oxygens (including phenoxy) is 1. The quantitative estimate of drug-likeness (QED) is 0.660. The lowest BCUT2D eigenvalue weighted by Crippen LogP contribution is -2.20. The molecule has 88 valence electrons. The Balaban J connectivity index is 3.30. The number of aromatic carboxylic acids is 1. The molecule has 0 fully saturated rings. The molecule has 8 heteroatoms. The fourth-order valence-corrected chi connectivity index (χ4v) is 1.72. The van der Waals surface area contributed by atoms with Gasteiger partial charge in [-0.05, 0) is 41.1 Å². The zero-order valence-electron chi connectivity index (χ0n) is 7.80. The molecule has 1 heterocycles. The molecule has 0 amide bonds. The molecule has 0 radical (unpaired) electrons. The van der Waals surface area contributed by atoms with Crippen molar-refractivity contribution in [3.8, 4) is 5.75 Å². The van der Waals surface area contributed by atoms with E-state index in [0.717, 1.165) is 0 Å². The lowest BCUT2D eigenvalue weighted by atomic mass is 10.2. The van der Waals surface area contributed by atoms with E-state index < -0.39 is 23.8 Å².